The summed E-state index contributed by atoms with van der Waals surface area (Å²) >= 11 is 0. The molecular formula is C24H25O3S+. The quantitative estimate of drug-likeness (QED) is 0.306. The van der Waals surface area contributed by atoms with Crippen LogP contribution in [0.25, 0.3) is 0 Å². The van der Waals surface area contributed by atoms with Crippen LogP contribution in [-0.2, 0) is 20.4 Å². The summed E-state index contributed by atoms with van der Waals surface area (Å²) in [6.45, 7) is 5.71. The summed E-state index contributed by atoms with van der Waals surface area (Å²) in [5, 5.41) is 0. The van der Waals surface area contributed by atoms with Gasteiger partial charge in [-0.1, -0.05) is 36.4 Å². The van der Waals surface area contributed by atoms with Crippen LogP contribution >= 0.6 is 0 Å². The number of hydrogen-bond donors (Lipinski definition) is 0. The highest BCUT2D eigenvalue weighted by molar-refractivity contribution is 7.97. The van der Waals surface area contributed by atoms with Gasteiger partial charge in [0.25, 0.3) is 0 Å². The van der Waals surface area contributed by atoms with Gasteiger partial charge in [-0.15, -0.1) is 0 Å². The zero-order valence-electron chi connectivity index (χ0n) is 16.4. The van der Waals surface area contributed by atoms with E-state index < -0.39 is 0 Å². The molecule has 0 radical (unpaired) electrons. The van der Waals surface area contributed by atoms with Gasteiger partial charge in [0.2, 0.25) is 0 Å². The molecule has 0 N–H and O–H groups in total. The highest BCUT2D eigenvalue weighted by Crippen LogP contribution is 2.31. The minimum absolute atomic E-state index is 0.0531. The van der Waals surface area contributed by atoms with Crippen molar-refractivity contribution in [1.82, 2.24) is 0 Å². The second-order valence-corrected chi connectivity index (χ2v) is 9.29. The van der Waals surface area contributed by atoms with Crippen LogP contribution in [0.4, 0.5) is 0 Å². The number of carbonyl (C=O) groups excluding carboxylic acids is 1. The summed E-state index contributed by atoms with van der Waals surface area (Å²) in [4.78, 5) is 15.9. The Hall–Kier alpha value is -2.56. The van der Waals surface area contributed by atoms with Crippen molar-refractivity contribution in [2.24, 2.45) is 0 Å². The maximum atomic E-state index is 12.3. The molecule has 0 atom stereocenters. The van der Waals surface area contributed by atoms with E-state index in [-0.39, 0.29) is 29.3 Å². The first-order valence-electron chi connectivity index (χ1n) is 9.19. The molecule has 0 aromatic heterocycles. The van der Waals surface area contributed by atoms with Crippen LogP contribution < -0.4 is 0 Å². The fraction of sp³-hybridized carbons (Fsp3) is 0.208. The van der Waals surface area contributed by atoms with Crippen molar-refractivity contribution in [2.75, 3.05) is 6.79 Å². The lowest BCUT2D eigenvalue weighted by molar-refractivity contribution is -0.0965. The summed E-state index contributed by atoms with van der Waals surface area (Å²) in [6, 6.07) is 28.5. The molecule has 0 aliphatic rings. The molecule has 0 bridgehead atoms. The smallest absolute Gasteiger partial charge is 0.340 e. The van der Waals surface area contributed by atoms with E-state index in [0.717, 1.165) is 4.90 Å². The van der Waals surface area contributed by atoms with Gasteiger partial charge < -0.3 is 9.47 Å². The molecule has 3 aromatic carbocycles. The fourth-order valence-electron chi connectivity index (χ4n) is 2.59. The van der Waals surface area contributed by atoms with Gasteiger partial charge in [0.05, 0.1) is 22.1 Å². The molecule has 0 spiro atoms. The van der Waals surface area contributed by atoms with E-state index in [2.05, 4.69) is 48.5 Å². The van der Waals surface area contributed by atoms with E-state index in [1.165, 1.54) is 9.79 Å². The van der Waals surface area contributed by atoms with E-state index in [9.17, 15) is 4.79 Å². The lowest BCUT2D eigenvalue weighted by Gasteiger charge is -2.18. The average Bonchev–Trinajstić information content (AvgIpc) is 2.69. The molecule has 0 amide bonds. The van der Waals surface area contributed by atoms with Gasteiger partial charge >= 0.3 is 5.97 Å². The number of ether oxygens (including phenoxy) is 2. The van der Waals surface area contributed by atoms with Gasteiger partial charge in [-0.3, -0.25) is 0 Å². The molecule has 0 heterocycles. The lowest BCUT2D eigenvalue weighted by Crippen LogP contribution is -2.22. The Balaban J connectivity index is 1.80. The molecule has 0 unspecified atom stereocenters. The Bertz CT molecular complexity index is 845. The van der Waals surface area contributed by atoms with Gasteiger partial charge in [-0.05, 0) is 69.3 Å². The van der Waals surface area contributed by atoms with Crippen molar-refractivity contribution in [3.05, 3.63) is 90.5 Å². The van der Waals surface area contributed by atoms with Crippen LogP contribution in [0.1, 0.15) is 31.1 Å². The third-order valence-electron chi connectivity index (χ3n) is 3.97. The summed E-state index contributed by atoms with van der Waals surface area (Å²) in [6.07, 6.45) is 0. The first-order valence-corrected chi connectivity index (χ1v) is 10.4. The largest absolute Gasteiger partial charge is 0.435 e. The Morgan fingerprint density at radius 3 is 1.68 bits per heavy atom. The summed E-state index contributed by atoms with van der Waals surface area (Å²) in [5.41, 5.74) is 0.176. The lowest BCUT2D eigenvalue weighted by atomic mass is 10.2. The van der Waals surface area contributed by atoms with Crippen molar-refractivity contribution >= 4 is 16.9 Å². The van der Waals surface area contributed by atoms with Crippen LogP contribution in [-0.4, -0.2) is 18.4 Å². The molecule has 28 heavy (non-hydrogen) atoms. The third kappa shape index (κ3) is 5.47. The van der Waals surface area contributed by atoms with Gasteiger partial charge in [0.1, 0.15) is 0 Å². The first kappa shape index (κ1) is 20.2. The summed E-state index contributed by atoms with van der Waals surface area (Å²) in [5.74, 6) is -0.380. The molecule has 4 heteroatoms. The fourth-order valence-corrected chi connectivity index (χ4v) is 4.67. The third-order valence-corrected chi connectivity index (χ3v) is 6.20. The number of esters is 1. The van der Waals surface area contributed by atoms with Gasteiger partial charge in [-0.2, -0.15) is 0 Å². The molecule has 0 saturated heterocycles. The van der Waals surface area contributed by atoms with Crippen LogP contribution in [0.15, 0.2) is 99.6 Å². The number of carbonyl (C=O) groups is 1. The minimum Gasteiger partial charge on any atom is -0.435 e. The Kier molecular flexibility index (Phi) is 6.55. The minimum atomic E-state index is -0.380. The Morgan fingerprint density at radius 2 is 1.21 bits per heavy atom. The van der Waals surface area contributed by atoms with E-state index in [1.54, 1.807) is 0 Å². The molecular weight excluding hydrogens is 368 g/mol. The van der Waals surface area contributed by atoms with Crippen molar-refractivity contribution in [1.29, 1.82) is 0 Å². The highest BCUT2D eigenvalue weighted by Gasteiger charge is 2.28. The molecule has 3 nitrogen and oxygen atoms in total. The van der Waals surface area contributed by atoms with Crippen LogP contribution in [0, 0.1) is 0 Å². The van der Waals surface area contributed by atoms with Gasteiger partial charge in [0.15, 0.2) is 21.5 Å². The maximum absolute atomic E-state index is 12.3. The topological polar surface area (TPSA) is 35.5 Å². The Morgan fingerprint density at radius 1 is 0.750 bits per heavy atom. The molecule has 3 aromatic rings. The zero-order chi connectivity index (χ0) is 20.0. The SMILES string of the molecule is CC(C)(C)OCOC(=O)c1ccc([S+](c2ccccc2)c2ccccc2)cc1. The van der Waals surface area contributed by atoms with E-state index >= 15 is 0 Å². The normalized spacial score (nSPS) is 11.4. The van der Waals surface area contributed by atoms with Crippen molar-refractivity contribution in [3.8, 4) is 0 Å². The number of benzene rings is 3. The molecule has 144 valence electrons. The number of rotatable bonds is 6. The van der Waals surface area contributed by atoms with E-state index in [4.69, 9.17) is 9.47 Å². The highest BCUT2D eigenvalue weighted by atomic mass is 32.2. The zero-order valence-corrected chi connectivity index (χ0v) is 17.2. The van der Waals surface area contributed by atoms with Gasteiger partial charge in [-0.25, -0.2) is 4.79 Å². The van der Waals surface area contributed by atoms with E-state index in [1.807, 2.05) is 57.2 Å². The van der Waals surface area contributed by atoms with Crippen LogP contribution in [0.2, 0.25) is 0 Å². The predicted octanol–water partition coefficient (Wildman–Crippen LogP) is 5.71. The molecule has 0 fully saturated rings. The van der Waals surface area contributed by atoms with Crippen molar-refractivity contribution < 1.29 is 14.3 Å². The molecule has 0 aliphatic heterocycles. The average molecular weight is 394 g/mol. The van der Waals surface area contributed by atoms with Crippen molar-refractivity contribution in [3.63, 3.8) is 0 Å². The summed E-state index contributed by atoms with van der Waals surface area (Å²) in [7, 11) is -0.230. The second kappa shape index (κ2) is 9.09. The molecule has 0 aliphatic carbocycles. The van der Waals surface area contributed by atoms with Crippen LogP contribution in [0.3, 0.4) is 0 Å². The van der Waals surface area contributed by atoms with Crippen molar-refractivity contribution in [2.45, 2.75) is 41.1 Å². The summed E-state index contributed by atoms with van der Waals surface area (Å²) < 4.78 is 10.7. The van der Waals surface area contributed by atoms with Gasteiger partial charge in [0, 0.05) is 0 Å². The maximum Gasteiger partial charge on any atom is 0.340 e. The molecule has 0 saturated carbocycles. The molecule has 3 rings (SSSR count). The van der Waals surface area contributed by atoms with E-state index in [0.29, 0.717) is 5.56 Å². The number of hydrogen-bond acceptors (Lipinski definition) is 3. The predicted molar refractivity (Wildman–Crippen MR) is 113 cm³/mol. The van der Waals surface area contributed by atoms with Crippen LogP contribution in [0.5, 0.6) is 0 Å². The Labute approximate surface area is 169 Å². The first-order chi connectivity index (χ1) is 13.4. The standard InChI is InChI=1S/C24H25O3S/c1-24(2,3)27-18-26-23(25)19-14-16-22(17-15-19)28(20-10-6-4-7-11-20)21-12-8-5-9-13-21/h4-17H,18H2,1-3H3/q+1. The monoisotopic (exact) mass is 393 g/mol. The second-order valence-electron chi connectivity index (χ2n) is 7.26.